The van der Waals surface area contributed by atoms with E-state index in [-0.39, 0.29) is 5.31 Å². The van der Waals surface area contributed by atoms with Crippen molar-refractivity contribution >= 4 is 7.85 Å². The molecule has 0 aromatic carbocycles. The molecule has 1 saturated carbocycles. The van der Waals surface area contributed by atoms with Crippen molar-refractivity contribution in [2.75, 3.05) is 0 Å². The quantitative estimate of drug-likeness (QED) is 0.361. The van der Waals surface area contributed by atoms with Crippen molar-refractivity contribution in [1.29, 1.82) is 0 Å². The predicted molar refractivity (Wildman–Crippen MR) is 47.3 cm³/mol. The van der Waals surface area contributed by atoms with Gasteiger partial charge in [0.2, 0.25) is 0 Å². The second-order valence-electron chi connectivity index (χ2n) is 3.90. The lowest BCUT2D eigenvalue weighted by Gasteiger charge is -2.09. The van der Waals surface area contributed by atoms with Gasteiger partial charge >= 0.3 is 0 Å². The lowest BCUT2D eigenvalue weighted by atomic mass is 9.75. The number of hydrogen-bond donors (Lipinski definition) is 0. The average molecular weight is 144 g/mol. The third-order valence-electron chi connectivity index (χ3n) is 3.42. The van der Waals surface area contributed by atoms with Gasteiger partial charge in [-0.25, -0.2) is 0 Å². The Hall–Kier alpha value is -0.375. The maximum atomic E-state index is 6.20. The average Bonchev–Trinajstić information content (AvgIpc) is 2.40. The minimum atomic E-state index is 0.176. The molecule has 2 aliphatic rings. The Morgan fingerprint density at radius 3 is 2.91 bits per heavy atom. The first-order valence-electron chi connectivity index (χ1n) is 4.50. The van der Waals surface area contributed by atoms with Crippen LogP contribution in [0.25, 0.3) is 0 Å². The van der Waals surface area contributed by atoms with Gasteiger partial charge < -0.3 is 0 Å². The van der Waals surface area contributed by atoms with Crippen molar-refractivity contribution < 1.29 is 0 Å². The van der Waals surface area contributed by atoms with Crippen molar-refractivity contribution in [2.45, 2.75) is 37.9 Å². The summed E-state index contributed by atoms with van der Waals surface area (Å²) in [6.07, 6.45) is 4.42. The smallest absolute Gasteiger partial charge is 0.0754 e. The zero-order valence-electron chi connectivity index (χ0n) is 7.06. The van der Waals surface area contributed by atoms with Crippen LogP contribution < -0.4 is 0 Å². The maximum absolute atomic E-state index is 6.20. The summed E-state index contributed by atoms with van der Waals surface area (Å²) in [6, 6.07) is 0. The monoisotopic (exact) mass is 144 g/mol. The summed E-state index contributed by atoms with van der Waals surface area (Å²) >= 11 is 0. The molecule has 0 N–H and O–H groups in total. The van der Waals surface area contributed by atoms with Crippen LogP contribution in [0, 0.1) is 23.7 Å². The summed E-state index contributed by atoms with van der Waals surface area (Å²) in [6.45, 7) is 2.27. The van der Waals surface area contributed by atoms with Crippen molar-refractivity contribution in [1.82, 2.24) is 0 Å². The Labute approximate surface area is 70.2 Å². The highest BCUT2D eigenvalue weighted by Gasteiger charge is 2.55. The molecule has 1 heteroatoms. The number of rotatable bonds is 0. The van der Waals surface area contributed by atoms with E-state index in [1.807, 2.05) is 0 Å². The van der Waals surface area contributed by atoms with Gasteiger partial charge in [-0.3, -0.25) is 0 Å². The number of fused-ring (bicyclic) bond motifs is 1. The van der Waals surface area contributed by atoms with Crippen LogP contribution in [0.4, 0.5) is 0 Å². The zero-order valence-corrected chi connectivity index (χ0v) is 7.06. The van der Waals surface area contributed by atoms with E-state index in [0.29, 0.717) is 0 Å². The van der Waals surface area contributed by atoms with E-state index in [1.165, 1.54) is 6.42 Å². The maximum Gasteiger partial charge on any atom is 0.0754 e. The molecule has 3 atom stereocenters. The highest BCUT2D eigenvalue weighted by molar-refractivity contribution is 6.18. The van der Waals surface area contributed by atoms with Crippen molar-refractivity contribution in [3.63, 3.8) is 0 Å². The molecule has 2 rings (SSSR count). The van der Waals surface area contributed by atoms with E-state index >= 15 is 0 Å². The van der Waals surface area contributed by atoms with E-state index in [1.54, 1.807) is 0 Å². The molecular weight excluding hydrogens is 131 g/mol. The van der Waals surface area contributed by atoms with Gasteiger partial charge in [0.15, 0.2) is 0 Å². The van der Waals surface area contributed by atoms with Gasteiger partial charge in [-0.1, -0.05) is 12.2 Å². The minimum Gasteiger partial charge on any atom is -0.103 e. The van der Waals surface area contributed by atoms with Gasteiger partial charge in [0.1, 0.15) is 0 Å². The van der Waals surface area contributed by atoms with Gasteiger partial charge in [-0.15, -0.1) is 11.8 Å². The van der Waals surface area contributed by atoms with Crippen LogP contribution in [0.3, 0.4) is 0 Å². The van der Waals surface area contributed by atoms with E-state index in [2.05, 4.69) is 18.8 Å². The van der Waals surface area contributed by atoms with Crippen LogP contribution in [0.5, 0.6) is 0 Å². The Morgan fingerprint density at radius 1 is 1.36 bits per heavy atom. The molecule has 1 fully saturated rings. The topological polar surface area (TPSA) is 0 Å². The van der Waals surface area contributed by atoms with E-state index in [4.69, 9.17) is 7.85 Å². The van der Waals surface area contributed by atoms with Crippen molar-refractivity contribution in [3.8, 4) is 11.8 Å². The lowest BCUT2D eigenvalue weighted by Crippen LogP contribution is -1.97. The van der Waals surface area contributed by atoms with Crippen LogP contribution in [-0.2, 0) is 0 Å². The van der Waals surface area contributed by atoms with Crippen LogP contribution in [0.2, 0.25) is 5.31 Å². The first kappa shape index (κ1) is 7.28. The van der Waals surface area contributed by atoms with Crippen LogP contribution >= 0.6 is 0 Å². The highest BCUT2D eigenvalue weighted by atomic mass is 14.6. The minimum absolute atomic E-state index is 0.176. The van der Waals surface area contributed by atoms with Gasteiger partial charge in [-0.05, 0) is 24.7 Å². The molecular formula is C10H13B. The van der Waals surface area contributed by atoms with Crippen molar-refractivity contribution in [3.05, 3.63) is 0 Å². The lowest BCUT2D eigenvalue weighted by molar-refractivity contribution is 0.633. The van der Waals surface area contributed by atoms with Gasteiger partial charge in [0.05, 0.1) is 7.85 Å². The molecule has 2 aliphatic carbocycles. The first-order chi connectivity index (χ1) is 5.25. The summed E-state index contributed by atoms with van der Waals surface area (Å²) in [5.41, 5.74) is 0. The molecule has 56 valence electrons. The standard InChI is InChI=1S/C10H13B/c1-8-9-6-4-2-3-5-7-10(8,9)11/h8-9H,4-7H2,1H3/t8-,9?,10?/m1/s1. The fourth-order valence-electron chi connectivity index (χ4n) is 2.37. The molecule has 0 saturated heterocycles. The fourth-order valence-corrected chi connectivity index (χ4v) is 2.37. The molecule has 11 heavy (non-hydrogen) atoms. The molecule has 0 amide bonds. The number of hydrogen-bond acceptors (Lipinski definition) is 0. The molecule has 2 unspecified atom stereocenters. The van der Waals surface area contributed by atoms with E-state index < -0.39 is 0 Å². The van der Waals surface area contributed by atoms with Crippen LogP contribution in [-0.4, -0.2) is 7.85 Å². The second kappa shape index (κ2) is 2.30. The molecule has 0 bridgehead atoms. The second-order valence-corrected chi connectivity index (χ2v) is 3.90. The van der Waals surface area contributed by atoms with Gasteiger partial charge in [0, 0.05) is 12.8 Å². The van der Waals surface area contributed by atoms with Crippen molar-refractivity contribution in [2.24, 2.45) is 11.8 Å². The Balaban J connectivity index is 2.08. The third-order valence-corrected chi connectivity index (χ3v) is 3.42. The van der Waals surface area contributed by atoms with Gasteiger partial charge in [-0.2, -0.15) is 0 Å². The molecule has 0 aromatic rings. The zero-order chi connectivity index (χ0) is 7.90. The van der Waals surface area contributed by atoms with E-state index in [0.717, 1.165) is 31.1 Å². The summed E-state index contributed by atoms with van der Waals surface area (Å²) in [5.74, 6) is 7.85. The van der Waals surface area contributed by atoms with Crippen LogP contribution in [0.1, 0.15) is 32.6 Å². The summed E-state index contributed by atoms with van der Waals surface area (Å²) < 4.78 is 0. The third kappa shape index (κ3) is 1.00. The Bertz CT molecular complexity index is 223. The normalized spacial score (nSPS) is 47.7. The SMILES string of the molecule is [B]C12CCC#CCCC1[C@H]2C. The summed E-state index contributed by atoms with van der Waals surface area (Å²) in [4.78, 5) is 0. The van der Waals surface area contributed by atoms with E-state index in [9.17, 15) is 0 Å². The van der Waals surface area contributed by atoms with Gasteiger partial charge in [0.25, 0.3) is 0 Å². The molecule has 0 heterocycles. The first-order valence-corrected chi connectivity index (χ1v) is 4.50. The largest absolute Gasteiger partial charge is 0.103 e. The molecule has 0 aromatic heterocycles. The van der Waals surface area contributed by atoms with Crippen LogP contribution in [0.15, 0.2) is 0 Å². The fraction of sp³-hybridized carbons (Fsp3) is 0.800. The summed E-state index contributed by atoms with van der Waals surface area (Å²) in [5, 5.41) is 0.176. The molecule has 0 nitrogen and oxygen atoms in total. The predicted octanol–water partition coefficient (Wildman–Crippen LogP) is 2.16. The molecule has 0 spiro atoms. The highest BCUT2D eigenvalue weighted by Crippen LogP contribution is 2.67. The Kier molecular flexibility index (Phi) is 1.53. The Morgan fingerprint density at radius 2 is 2.09 bits per heavy atom. The summed E-state index contributed by atoms with van der Waals surface area (Å²) in [7, 11) is 6.20. The molecule has 2 radical (unpaired) electrons. The molecule has 0 aliphatic heterocycles.